The summed E-state index contributed by atoms with van der Waals surface area (Å²) < 4.78 is 16.0. The Kier molecular flexibility index (Phi) is 16.4. The van der Waals surface area contributed by atoms with Gasteiger partial charge in [-0.15, -0.1) is 0 Å². The van der Waals surface area contributed by atoms with Crippen molar-refractivity contribution in [2.75, 3.05) is 26.7 Å². The number of hydrogen-bond donors (Lipinski definition) is 4. The summed E-state index contributed by atoms with van der Waals surface area (Å²) in [7, 11) is 1.79. The molecule has 1 aliphatic carbocycles. The second-order valence-electron chi connectivity index (χ2n) is 13.6. The Hall–Kier alpha value is -4.47. The number of amidine groups is 1. The van der Waals surface area contributed by atoms with Gasteiger partial charge < -0.3 is 25.8 Å². The minimum absolute atomic E-state index is 0.0382. The number of imidazole rings is 1. The molecule has 1 aromatic rings. The van der Waals surface area contributed by atoms with Gasteiger partial charge in [0.15, 0.2) is 0 Å². The van der Waals surface area contributed by atoms with Crippen LogP contribution in [0.2, 0.25) is 0 Å². The van der Waals surface area contributed by atoms with Gasteiger partial charge >= 0.3 is 0 Å². The Morgan fingerprint density at radius 2 is 1.90 bits per heavy atom. The molecular formula is C41H60FN7O2. The van der Waals surface area contributed by atoms with Crippen molar-refractivity contribution < 1.29 is 14.0 Å². The first kappa shape index (κ1) is 41.0. The van der Waals surface area contributed by atoms with Crippen molar-refractivity contribution in [3.8, 4) is 0 Å². The minimum Gasteiger partial charge on any atom is -0.388 e. The lowest BCUT2D eigenvalue weighted by Gasteiger charge is -2.34. The molecule has 2 amide bonds. The molecule has 1 saturated heterocycles. The SMILES string of the molecule is C=C/C=C(\C=C(\F)C(=C)c1cnc(C2[C@H]3CC[C@H](C3)N2C(=O)CNC(=O)CC)[nH]1)C(/C=C(/C=C\CNC(CCNC(=C)CC)=NC)C(C)C)CC. The molecule has 1 aliphatic heterocycles. The van der Waals surface area contributed by atoms with E-state index in [1.807, 2.05) is 11.0 Å². The van der Waals surface area contributed by atoms with Crippen LogP contribution in [0, 0.1) is 17.8 Å². The number of aliphatic imine (C=N–C) groups is 1. The maximum Gasteiger partial charge on any atom is 0.242 e. The summed E-state index contributed by atoms with van der Waals surface area (Å²) in [5.74, 6) is 1.27. The third kappa shape index (κ3) is 11.5. The van der Waals surface area contributed by atoms with Crippen LogP contribution in [0.4, 0.5) is 4.39 Å². The number of piperidine rings is 1. The number of aromatic nitrogens is 2. The molecule has 0 spiro atoms. The highest BCUT2D eigenvalue weighted by molar-refractivity contribution is 5.85. The Balaban J connectivity index is 1.73. The van der Waals surface area contributed by atoms with Crippen molar-refractivity contribution in [3.05, 3.63) is 96.6 Å². The van der Waals surface area contributed by atoms with Gasteiger partial charge in [-0.3, -0.25) is 14.6 Å². The fourth-order valence-electron chi connectivity index (χ4n) is 6.76. The molecule has 9 nitrogen and oxygen atoms in total. The van der Waals surface area contributed by atoms with Crippen LogP contribution in [0.1, 0.15) is 97.1 Å². The fraction of sp³-hybridized carbons (Fsp3) is 0.512. The highest BCUT2D eigenvalue weighted by atomic mass is 19.1. The number of carbonyl (C=O) groups is 2. The van der Waals surface area contributed by atoms with Gasteiger partial charge in [-0.25, -0.2) is 9.37 Å². The Bertz CT molecular complexity index is 1550. The van der Waals surface area contributed by atoms with E-state index in [2.05, 4.69) is 96.6 Å². The van der Waals surface area contributed by atoms with Crippen LogP contribution >= 0.6 is 0 Å². The Morgan fingerprint density at radius 3 is 2.55 bits per heavy atom. The van der Waals surface area contributed by atoms with Crippen molar-refractivity contribution in [1.82, 2.24) is 30.8 Å². The second-order valence-corrected chi connectivity index (χ2v) is 13.6. The van der Waals surface area contributed by atoms with Gasteiger partial charge in [-0.1, -0.05) is 84.7 Å². The first-order valence-corrected chi connectivity index (χ1v) is 18.5. The third-order valence-electron chi connectivity index (χ3n) is 9.82. The molecule has 278 valence electrons. The van der Waals surface area contributed by atoms with E-state index in [0.29, 0.717) is 24.5 Å². The molecule has 4 atom stereocenters. The summed E-state index contributed by atoms with van der Waals surface area (Å²) in [6.45, 7) is 23.6. The van der Waals surface area contributed by atoms with Crippen LogP contribution in [-0.2, 0) is 9.59 Å². The lowest BCUT2D eigenvalue weighted by Crippen LogP contribution is -2.45. The predicted molar refractivity (Wildman–Crippen MR) is 208 cm³/mol. The third-order valence-corrected chi connectivity index (χ3v) is 9.82. The Labute approximate surface area is 305 Å². The normalized spacial score (nSPS) is 20.2. The van der Waals surface area contributed by atoms with Gasteiger partial charge in [-0.2, -0.15) is 0 Å². The number of allylic oxidation sites excluding steroid dienone is 10. The zero-order valence-corrected chi connectivity index (χ0v) is 31.7. The molecule has 2 aliphatic rings. The highest BCUT2D eigenvalue weighted by Crippen LogP contribution is 2.49. The van der Waals surface area contributed by atoms with Gasteiger partial charge in [-0.05, 0) is 61.2 Å². The predicted octanol–water partition coefficient (Wildman–Crippen LogP) is 7.65. The molecule has 10 heteroatoms. The van der Waals surface area contributed by atoms with E-state index in [9.17, 15) is 9.59 Å². The molecule has 2 heterocycles. The number of nitrogens with one attached hydrogen (secondary N) is 4. The van der Waals surface area contributed by atoms with E-state index in [1.54, 1.807) is 26.2 Å². The Morgan fingerprint density at radius 1 is 1.14 bits per heavy atom. The van der Waals surface area contributed by atoms with Crippen LogP contribution in [0.5, 0.6) is 0 Å². The van der Waals surface area contributed by atoms with Crippen molar-refractivity contribution in [2.24, 2.45) is 22.7 Å². The monoisotopic (exact) mass is 701 g/mol. The van der Waals surface area contributed by atoms with Crippen molar-refractivity contribution in [2.45, 2.75) is 91.6 Å². The molecule has 3 rings (SSSR count). The number of carbonyl (C=O) groups excluding carboxylic acids is 2. The first-order valence-electron chi connectivity index (χ1n) is 18.5. The number of H-pyrrole nitrogens is 1. The molecule has 0 radical (unpaired) electrons. The summed E-state index contributed by atoms with van der Waals surface area (Å²) in [5, 5.41) is 9.41. The smallest absolute Gasteiger partial charge is 0.242 e. The van der Waals surface area contributed by atoms with Gasteiger partial charge in [0.1, 0.15) is 11.7 Å². The van der Waals surface area contributed by atoms with Crippen LogP contribution in [0.15, 0.2) is 90.1 Å². The molecule has 1 aromatic heterocycles. The van der Waals surface area contributed by atoms with E-state index in [0.717, 1.165) is 67.7 Å². The molecule has 2 unspecified atom stereocenters. The number of fused-ring (bicyclic) bond motifs is 2. The number of likely N-dealkylation sites (tertiary alicyclic amines) is 1. The summed E-state index contributed by atoms with van der Waals surface area (Å²) in [6, 6.07) is -0.121. The maximum atomic E-state index is 16.0. The van der Waals surface area contributed by atoms with E-state index >= 15 is 4.39 Å². The largest absolute Gasteiger partial charge is 0.388 e. The molecular weight excluding hydrogens is 641 g/mol. The summed E-state index contributed by atoms with van der Waals surface area (Å²) in [4.78, 5) is 39.1. The first-order chi connectivity index (χ1) is 24.5. The second kappa shape index (κ2) is 20.4. The molecule has 2 bridgehead atoms. The lowest BCUT2D eigenvalue weighted by molar-refractivity contribution is -0.136. The molecule has 2 fully saturated rings. The number of amides is 2. The van der Waals surface area contributed by atoms with E-state index < -0.39 is 5.83 Å². The number of rotatable bonds is 20. The zero-order valence-electron chi connectivity index (χ0n) is 31.7. The van der Waals surface area contributed by atoms with Crippen molar-refractivity contribution in [3.63, 3.8) is 0 Å². The molecule has 1 saturated carbocycles. The zero-order chi connectivity index (χ0) is 37.5. The van der Waals surface area contributed by atoms with Gasteiger partial charge in [0.05, 0.1) is 30.3 Å². The van der Waals surface area contributed by atoms with Crippen LogP contribution in [-0.4, -0.2) is 65.2 Å². The van der Waals surface area contributed by atoms with E-state index in [4.69, 9.17) is 0 Å². The molecule has 0 aromatic carbocycles. The average Bonchev–Trinajstić information content (AvgIpc) is 3.89. The highest BCUT2D eigenvalue weighted by Gasteiger charge is 2.49. The number of aromatic amines is 1. The van der Waals surface area contributed by atoms with Crippen LogP contribution < -0.4 is 16.0 Å². The maximum absolute atomic E-state index is 16.0. The summed E-state index contributed by atoms with van der Waals surface area (Å²) >= 11 is 0. The molecule has 4 N–H and O–H groups in total. The standard InChI is InChI=1S/C41H60FN7O2/c1-10-15-32(30(12-3)22-31(27(5)6)16-14-20-45-37(43-9)19-21-44-28(7)11-2)24-35(42)29(8)36-25-47-41(48-36)40-33-17-18-34(23-33)49(40)39(51)26-46-38(50)13-4/h10,14-16,22,24-25,27,30,33-34,40,44H,1,7-8,11-13,17-21,23,26H2,2-6,9H3,(H,43,45)(H,46,50)(H,47,48)/b16-14-,31-22-,32-15+,35-24+/t30?,33-,34+,40?/m0/s1. The lowest BCUT2D eigenvalue weighted by atomic mass is 9.89. The van der Waals surface area contributed by atoms with Crippen molar-refractivity contribution in [1.29, 1.82) is 0 Å². The quantitative estimate of drug-likeness (QED) is 0.0634. The topological polar surface area (TPSA) is 115 Å². The van der Waals surface area contributed by atoms with Gasteiger partial charge in [0.2, 0.25) is 11.8 Å². The summed E-state index contributed by atoms with van der Waals surface area (Å²) in [6.07, 6.45) is 18.7. The van der Waals surface area contributed by atoms with Crippen LogP contribution in [0.25, 0.3) is 5.57 Å². The van der Waals surface area contributed by atoms with E-state index in [1.165, 1.54) is 6.08 Å². The average molecular weight is 702 g/mol. The number of halogens is 1. The van der Waals surface area contributed by atoms with E-state index in [-0.39, 0.29) is 53.8 Å². The fourth-order valence-corrected chi connectivity index (χ4v) is 6.76. The number of hydrogen-bond acceptors (Lipinski definition) is 5. The van der Waals surface area contributed by atoms with Gasteiger partial charge in [0, 0.05) is 56.2 Å². The van der Waals surface area contributed by atoms with Crippen LogP contribution in [0.3, 0.4) is 0 Å². The minimum atomic E-state index is -0.470. The van der Waals surface area contributed by atoms with Gasteiger partial charge in [0.25, 0.3) is 0 Å². The number of nitrogens with zero attached hydrogens (tertiary/aromatic N) is 3. The molecule has 51 heavy (non-hydrogen) atoms. The van der Waals surface area contributed by atoms with Crippen molar-refractivity contribution >= 4 is 23.2 Å². The summed E-state index contributed by atoms with van der Waals surface area (Å²) in [5.41, 5.74) is 3.62.